The highest BCUT2D eigenvalue weighted by Crippen LogP contribution is 2.38. The maximum absolute atomic E-state index is 12.7. The predicted octanol–water partition coefficient (Wildman–Crippen LogP) is 2.45. The van der Waals surface area contributed by atoms with Gasteiger partial charge in [-0.15, -0.1) is 0 Å². The van der Waals surface area contributed by atoms with Gasteiger partial charge < -0.3 is 15.4 Å². The largest absolute Gasteiger partial charge is 0.379 e. The molecule has 0 saturated carbocycles. The molecule has 2 aromatic rings. The third-order valence-corrected chi connectivity index (χ3v) is 5.79. The zero-order valence-corrected chi connectivity index (χ0v) is 16.9. The van der Waals surface area contributed by atoms with E-state index in [1.807, 2.05) is 56.3 Å². The van der Waals surface area contributed by atoms with Crippen molar-refractivity contribution in [2.24, 2.45) is 0 Å². The standard InChI is InChI=1S/C23H27N3O3/c1-23(2)19-6-4-3-5-18(19)21(25-22(23)28)16-7-9-17(10-8-16)24-20(27)15-26-11-13-29-14-12-26/h3-10,21H,11-15H2,1-2H3,(H,24,27)(H,25,28). The first-order chi connectivity index (χ1) is 13.9. The highest BCUT2D eigenvalue weighted by Gasteiger charge is 2.39. The molecular weight excluding hydrogens is 366 g/mol. The lowest BCUT2D eigenvalue weighted by Crippen LogP contribution is -2.47. The molecule has 2 aromatic carbocycles. The monoisotopic (exact) mass is 393 g/mol. The van der Waals surface area contributed by atoms with Gasteiger partial charge in [0.05, 0.1) is 31.2 Å². The van der Waals surface area contributed by atoms with Crippen LogP contribution in [0.15, 0.2) is 48.5 Å². The number of anilines is 1. The van der Waals surface area contributed by atoms with E-state index in [0.717, 1.165) is 35.5 Å². The third kappa shape index (κ3) is 4.04. The summed E-state index contributed by atoms with van der Waals surface area (Å²) >= 11 is 0. The first-order valence-corrected chi connectivity index (χ1v) is 10.1. The molecule has 0 aromatic heterocycles. The Labute approximate surface area is 171 Å². The smallest absolute Gasteiger partial charge is 0.238 e. The fourth-order valence-electron chi connectivity index (χ4n) is 4.01. The molecule has 0 spiro atoms. The van der Waals surface area contributed by atoms with Crippen molar-refractivity contribution in [3.63, 3.8) is 0 Å². The van der Waals surface area contributed by atoms with E-state index in [1.54, 1.807) is 0 Å². The zero-order valence-electron chi connectivity index (χ0n) is 16.9. The van der Waals surface area contributed by atoms with E-state index in [9.17, 15) is 9.59 Å². The summed E-state index contributed by atoms with van der Waals surface area (Å²) in [6, 6.07) is 15.6. The van der Waals surface area contributed by atoms with Gasteiger partial charge in [-0.05, 0) is 42.7 Å². The molecule has 4 rings (SSSR count). The third-order valence-electron chi connectivity index (χ3n) is 5.79. The highest BCUT2D eigenvalue weighted by molar-refractivity contribution is 5.92. The number of hydrogen-bond acceptors (Lipinski definition) is 4. The van der Waals surface area contributed by atoms with Crippen LogP contribution in [0.25, 0.3) is 0 Å². The number of nitrogens with one attached hydrogen (secondary N) is 2. The van der Waals surface area contributed by atoms with E-state index in [2.05, 4.69) is 21.6 Å². The molecule has 2 heterocycles. The minimum Gasteiger partial charge on any atom is -0.379 e. The second-order valence-corrected chi connectivity index (χ2v) is 8.18. The first-order valence-electron chi connectivity index (χ1n) is 10.1. The SMILES string of the molecule is CC1(C)C(=O)NC(c2ccc(NC(=O)CN3CCOCC3)cc2)c2ccccc21. The van der Waals surface area contributed by atoms with Crippen LogP contribution < -0.4 is 10.6 Å². The summed E-state index contributed by atoms with van der Waals surface area (Å²) in [6.45, 7) is 7.18. The van der Waals surface area contributed by atoms with E-state index in [4.69, 9.17) is 4.74 Å². The van der Waals surface area contributed by atoms with Gasteiger partial charge >= 0.3 is 0 Å². The molecule has 1 atom stereocenters. The number of carbonyl (C=O) groups is 2. The molecule has 1 fully saturated rings. The molecule has 152 valence electrons. The molecule has 2 amide bonds. The summed E-state index contributed by atoms with van der Waals surface area (Å²) in [5, 5.41) is 6.10. The van der Waals surface area contributed by atoms with E-state index in [-0.39, 0.29) is 17.9 Å². The van der Waals surface area contributed by atoms with Gasteiger partial charge in [0.25, 0.3) is 0 Å². The number of carbonyl (C=O) groups excluding carboxylic acids is 2. The van der Waals surface area contributed by atoms with Crippen LogP contribution in [0.3, 0.4) is 0 Å². The predicted molar refractivity (Wildman–Crippen MR) is 112 cm³/mol. The summed E-state index contributed by atoms with van der Waals surface area (Å²) in [7, 11) is 0. The highest BCUT2D eigenvalue weighted by atomic mass is 16.5. The van der Waals surface area contributed by atoms with Crippen LogP contribution in [-0.4, -0.2) is 49.6 Å². The van der Waals surface area contributed by atoms with E-state index >= 15 is 0 Å². The van der Waals surface area contributed by atoms with Crippen molar-refractivity contribution in [1.29, 1.82) is 0 Å². The van der Waals surface area contributed by atoms with Crippen LogP contribution in [0.2, 0.25) is 0 Å². The molecular formula is C23H27N3O3. The number of fused-ring (bicyclic) bond motifs is 1. The van der Waals surface area contributed by atoms with Gasteiger partial charge in [-0.3, -0.25) is 14.5 Å². The fraction of sp³-hybridized carbons (Fsp3) is 0.391. The molecule has 2 N–H and O–H groups in total. The average molecular weight is 393 g/mol. The second-order valence-electron chi connectivity index (χ2n) is 8.18. The number of amides is 2. The van der Waals surface area contributed by atoms with Gasteiger partial charge in [-0.25, -0.2) is 0 Å². The number of rotatable bonds is 4. The lowest BCUT2D eigenvalue weighted by Gasteiger charge is -2.37. The number of ether oxygens (including phenoxy) is 1. The van der Waals surface area contributed by atoms with Crippen molar-refractivity contribution in [2.45, 2.75) is 25.3 Å². The van der Waals surface area contributed by atoms with Crippen molar-refractivity contribution >= 4 is 17.5 Å². The van der Waals surface area contributed by atoms with Gasteiger partial charge in [0.1, 0.15) is 0 Å². The Morgan fingerprint density at radius 3 is 2.55 bits per heavy atom. The van der Waals surface area contributed by atoms with Crippen molar-refractivity contribution < 1.29 is 14.3 Å². The van der Waals surface area contributed by atoms with Gasteiger partial charge in [-0.2, -0.15) is 0 Å². The van der Waals surface area contributed by atoms with Crippen molar-refractivity contribution in [3.05, 3.63) is 65.2 Å². The molecule has 1 unspecified atom stereocenters. The Bertz CT molecular complexity index is 902. The van der Waals surface area contributed by atoms with Gasteiger partial charge in [0.15, 0.2) is 0 Å². The lowest BCUT2D eigenvalue weighted by molar-refractivity contribution is -0.127. The van der Waals surface area contributed by atoms with Crippen LogP contribution in [0.5, 0.6) is 0 Å². The number of hydrogen-bond donors (Lipinski definition) is 2. The second kappa shape index (κ2) is 7.97. The first kappa shape index (κ1) is 19.6. The molecule has 0 bridgehead atoms. The maximum Gasteiger partial charge on any atom is 0.238 e. The molecule has 0 radical (unpaired) electrons. The number of nitrogens with zero attached hydrogens (tertiary/aromatic N) is 1. The van der Waals surface area contributed by atoms with Gasteiger partial charge in [-0.1, -0.05) is 36.4 Å². The molecule has 6 heteroatoms. The molecule has 2 aliphatic rings. The van der Waals surface area contributed by atoms with Crippen LogP contribution in [0.4, 0.5) is 5.69 Å². The number of morpholine rings is 1. The minimum atomic E-state index is -0.555. The van der Waals surface area contributed by atoms with Crippen LogP contribution in [-0.2, 0) is 19.7 Å². The van der Waals surface area contributed by atoms with Crippen LogP contribution in [0, 0.1) is 0 Å². The Balaban J connectivity index is 1.48. The quantitative estimate of drug-likeness (QED) is 0.837. The molecule has 0 aliphatic carbocycles. The van der Waals surface area contributed by atoms with Crippen LogP contribution in [0.1, 0.15) is 36.6 Å². The zero-order chi connectivity index (χ0) is 20.4. The minimum absolute atomic E-state index is 0.0177. The number of benzene rings is 2. The van der Waals surface area contributed by atoms with Crippen molar-refractivity contribution in [1.82, 2.24) is 10.2 Å². The van der Waals surface area contributed by atoms with Crippen LogP contribution >= 0.6 is 0 Å². The summed E-state index contributed by atoms with van der Waals surface area (Å²) in [6.07, 6.45) is 0. The lowest BCUT2D eigenvalue weighted by atomic mass is 9.75. The summed E-state index contributed by atoms with van der Waals surface area (Å²) in [4.78, 5) is 27.1. The van der Waals surface area contributed by atoms with E-state index < -0.39 is 5.41 Å². The Morgan fingerprint density at radius 1 is 1.14 bits per heavy atom. The summed E-state index contributed by atoms with van der Waals surface area (Å²) in [5.74, 6) is -0.0122. The summed E-state index contributed by atoms with van der Waals surface area (Å²) in [5.41, 5.74) is 3.36. The van der Waals surface area contributed by atoms with E-state index in [1.165, 1.54) is 0 Å². The molecule has 29 heavy (non-hydrogen) atoms. The van der Waals surface area contributed by atoms with Crippen molar-refractivity contribution in [2.75, 3.05) is 38.2 Å². The fourth-order valence-corrected chi connectivity index (χ4v) is 4.01. The van der Waals surface area contributed by atoms with Crippen molar-refractivity contribution in [3.8, 4) is 0 Å². The van der Waals surface area contributed by atoms with Gasteiger partial charge in [0.2, 0.25) is 11.8 Å². The molecule has 1 saturated heterocycles. The Hall–Kier alpha value is -2.70. The summed E-state index contributed by atoms with van der Waals surface area (Å²) < 4.78 is 5.31. The molecule has 2 aliphatic heterocycles. The van der Waals surface area contributed by atoms with E-state index in [0.29, 0.717) is 19.8 Å². The van der Waals surface area contributed by atoms with Gasteiger partial charge in [0, 0.05) is 18.8 Å². The Morgan fingerprint density at radius 2 is 1.83 bits per heavy atom. The average Bonchev–Trinajstić information content (AvgIpc) is 2.72. The normalized spacial score (nSPS) is 21.2. The Kier molecular flexibility index (Phi) is 5.39. The topological polar surface area (TPSA) is 70.7 Å². The molecule has 6 nitrogen and oxygen atoms in total. The maximum atomic E-state index is 12.7.